The molecular formula is C14H24N2O3. The van der Waals surface area contributed by atoms with E-state index >= 15 is 0 Å². The summed E-state index contributed by atoms with van der Waals surface area (Å²) in [5.74, 6) is -1.04. The zero-order chi connectivity index (χ0) is 14.3. The summed E-state index contributed by atoms with van der Waals surface area (Å²) in [7, 11) is 0. The predicted molar refractivity (Wildman–Crippen MR) is 74.0 cm³/mol. The first-order chi connectivity index (χ1) is 9.03. The van der Waals surface area contributed by atoms with E-state index in [1.807, 2.05) is 0 Å². The first-order valence-corrected chi connectivity index (χ1v) is 6.91. The lowest BCUT2D eigenvalue weighted by atomic mass is 9.83. The molecule has 1 atom stereocenters. The molecule has 1 saturated carbocycles. The van der Waals surface area contributed by atoms with Crippen LogP contribution in [0.1, 0.15) is 45.4 Å². The number of rotatable bonds is 7. The number of nitrogens with one attached hydrogen (secondary N) is 2. The molecule has 5 nitrogen and oxygen atoms in total. The molecule has 2 amide bonds. The molecular weight excluding hydrogens is 244 g/mol. The van der Waals surface area contributed by atoms with Crippen molar-refractivity contribution in [2.24, 2.45) is 5.41 Å². The lowest BCUT2D eigenvalue weighted by Crippen LogP contribution is -2.48. The van der Waals surface area contributed by atoms with Crippen LogP contribution in [0.15, 0.2) is 12.7 Å². The number of carbonyl (C=O) groups is 2. The highest BCUT2D eigenvalue weighted by atomic mass is 16.4. The largest absolute Gasteiger partial charge is 0.480 e. The number of hydrogen-bond acceptors (Lipinski definition) is 2. The molecule has 1 rings (SSSR count). The summed E-state index contributed by atoms with van der Waals surface area (Å²) in [5.41, 5.74) is 0.203. The number of carbonyl (C=O) groups excluding carboxylic acids is 1. The maximum absolute atomic E-state index is 11.7. The van der Waals surface area contributed by atoms with Gasteiger partial charge in [0, 0.05) is 6.54 Å². The number of hydrogen-bond donors (Lipinski definition) is 3. The number of carboxylic acids is 1. The van der Waals surface area contributed by atoms with Crippen molar-refractivity contribution in [3.8, 4) is 0 Å². The first kappa shape index (κ1) is 15.5. The molecule has 1 unspecified atom stereocenters. The van der Waals surface area contributed by atoms with E-state index in [0.29, 0.717) is 6.54 Å². The minimum atomic E-state index is -1.04. The zero-order valence-electron chi connectivity index (χ0n) is 11.6. The van der Waals surface area contributed by atoms with Gasteiger partial charge in [0.2, 0.25) is 0 Å². The Hall–Kier alpha value is -1.52. The van der Waals surface area contributed by atoms with Gasteiger partial charge < -0.3 is 15.7 Å². The van der Waals surface area contributed by atoms with E-state index < -0.39 is 18.0 Å². The van der Waals surface area contributed by atoms with Crippen LogP contribution in [0.2, 0.25) is 0 Å². The second-order valence-electron chi connectivity index (χ2n) is 5.30. The summed E-state index contributed by atoms with van der Waals surface area (Å²) in [6.07, 6.45) is 7.46. The molecule has 0 aliphatic heterocycles. The minimum Gasteiger partial charge on any atom is -0.480 e. The highest BCUT2D eigenvalue weighted by molar-refractivity contribution is 5.82. The van der Waals surface area contributed by atoms with Crippen LogP contribution in [0.4, 0.5) is 4.79 Å². The van der Waals surface area contributed by atoms with Crippen molar-refractivity contribution >= 4 is 12.0 Å². The molecule has 1 fully saturated rings. The summed E-state index contributed by atoms with van der Waals surface area (Å²) < 4.78 is 0. The number of amides is 2. The monoisotopic (exact) mass is 268 g/mol. The smallest absolute Gasteiger partial charge is 0.326 e. The molecule has 0 heterocycles. The molecule has 1 aliphatic rings. The second-order valence-corrected chi connectivity index (χ2v) is 5.30. The van der Waals surface area contributed by atoms with Crippen molar-refractivity contribution in [2.75, 3.05) is 6.54 Å². The Morgan fingerprint density at radius 3 is 2.53 bits per heavy atom. The molecule has 108 valence electrons. The van der Waals surface area contributed by atoms with Crippen LogP contribution < -0.4 is 10.6 Å². The van der Waals surface area contributed by atoms with E-state index in [1.165, 1.54) is 18.9 Å². The van der Waals surface area contributed by atoms with Gasteiger partial charge in [0.1, 0.15) is 6.04 Å². The zero-order valence-corrected chi connectivity index (χ0v) is 11.6. The highest BCUT2D eigenvalue weighted by Gasteiger charge is 2.32. The molecule has 0 spiro atoms. The van der Waals surface area contributed by atoms with Gasteiger partial charge in [-0.15, -0.1) is 6.58 Å². The van der Waals surface area contributed by atoms with E-state index in [4.69, 9.17) is 5.11 Å². The number of carboxylic acid groups (broad SMARTS) is 1. The third-order valence-electron chi connectivity index (χ3n) is 4.04. The maximum atomic E-state index is 11.7. The van der Waals surface area contributed by atoms with Crippen molar-refractivity contribution in [3.05, 3.63) is 12.7 Å². The van der Waals surface area contributed by atoms with Crippen molar-refractivity contribution in [3.63, 3.8) is 0 Å². The van der Waals surface area contributed by atoms with E-state index in [1.54, 1.807) is 0 Å². The quantitative estimate of drug-likeness (QED) is 0.620. The SMILES string of the molecule is C=CCC(NC(=O)NCC1(CC)CCCC1)C(=O)O. The summed E-state index contributed by atoms with van der Waals surface area (Å²) in [4.78, 5) is 22.6. The number of aliphatic carboxylic acids is 1. The molecule has 0 aromatic carbocycles. The van der Waals surface area contributed by atoms with Crippen molar-refractivity contribution < 1.29 is 14.7 Å². The van der Waals surface area contributed by atoms with E-state index in [9.17, 15) is 9.59 Å². The fraction of sp³-hybridized carbons (Fsp3) is 0.714. The molecule has 3 N–H and O–H groups in total. The van der Waals surface area contributed by atoms with E-state index in [2.05, 4.69) is 24.1 Å². The van der Waals surface area contributed by atoms with Crippen molar-refractivity contribution in [1.82, 2.24) is 10.6 Å². The van der Waals surface area contributed by atoms with Gasteiger partial charge in [-0.05, 0) is 31.1 Å². The van der Waals surface area contributed by atoms with Crippen LogP contribution in [0.3, 0.4) is 0 Å². The summed E-state index contributed by atoms with van der Waals surface area (Å²) in [6, 6.07) is -1.31. The Bertz CT molecular complexity index is 336. The summed E-state index contributed by atoms with van der Waals surface area (Å²) in [5, 5.41) is 14.2. The van der Waals surface area contributed by atoms with Crippen molar-refractivity contribution in [1.29, 1.82) is 0 Å². The molecule has 0 aromatic rings. The van der Waals surface area contributed by atoms with Gasteiger partial charge in [0.25, 0.3) is 0 Å². The van der Waals surface area contributed by atoms with Crippen LogP contribution in [0.5, 0.6) is 0 Å². The lowest BCUT2D eigenvalue weighted by Gasteiger charge is -2.28. The molecule has 0 aromatic heterocycles. The average molecular weight is 268 g/mol. The third kappa shape index (κ3) is 4.58. The van der Waals surface area contributed by atoms with E-state index in [-0.39, 0.29) is 11.8 Å². The van der Waals surface area contributed by atoms with Gasteiger partial charge >= 0.3 is 12.0 Å². The Balaban J connectivity index is 2.41. The van der Waals surface area contributed by atoms with Gasteiger partial charge in [-0.2, -0.15) is 0 Å². The fourth-order valence-corrected chi connectivity index (χ4v) is 2.65. The Labute approximate surface area is 114 Å². The Morgan fingerprint density at radius 2 is 2.05 bits per heavy atom. The molecule has 5 heteroatoms. The second kappa shape index (κ2) is 7.16. The maximum Gasteiger partial charge on any atom is 0.326 e. The van der Waals surface area contributed by atoms with Gasteiger partial charge in [0.05, 0.1) is 0 Å². The Morgan fingerprint density at radius 1 is 1.42 bits per heavy atom. The minimum absolute atomic E-state index is 0.203. The van der Waals surface area contributed by atoms with E-state index in [0.717, 1.165) is 19.3 Å². The first-order valence-electron chi connectivity index (χ1n) is 6.91. The van der Waals surface area contributed by atoms with Crippen LogP contribution in [-0.4, -0.2) is 29.7 Å². The average Bonchev–Trinajstić information content (AvgIpc) is 2.85. The highest BCUT2D eigenvalue weighted by Crippen LogP contribution is 2.40. The van der Waals surface area contributed by atoms with Crippen LogP contribution in [0, 0.1) is 5.41 Å². The van der Waals surface area contributed by atoms with Gasteiger partial charge in [0.15, 0.2) is 0 Å². The lowest BCUT2D eigenvalue weighted by molar-refractivity contribution is -0.139. The molecule has 19 heavy (non-hydrogen) atoms. The van der Waals surface area contributed by atoms with Gasteiger partial charge in [-0.1, -0.05) is 25.8 Å². The van der Waals surface area contributed by atoms with Crippen LogP contribution in [0.25, 0.3) is 0 Å². The topological polar surface area (TPSA) is 78.4 Å². The molecule has 0 bridgehead atoms. The molecule has 0 saturated heterocycles. The molecule has 0 radical (unpaired) electrons. The standard InChI is InChI=1S/C14H24N2O3/c1-3-7-11(12(17)18)16-13(19)15-10-14(4-2)8-5-6-9-14/h3,11H,1,4-10H2,2H3,(H,17,18)(H2,15,16,19). The molecule has 1 aliphatic carbocycles. The summed E-state index contributed by atoms with van der Waals surface area (Å²) in [6.45, 7) is 6.25. The number of urea groups is 1. The van der Waals surface area contributed by atoms with Gasteiger partial charge in [-0.25, -0.2) is 9.59 Å². The predicted octanol–water partition coefficient (Wildman–Crippen LogP) is 2.29. The normalized spacial score (nSPS) is 18.6. The van der Waals surface area contributed by atoms with Crippen molar-refractivity contribution in [2.45, 2.75) is 51.5 Å². The summed E-state index contributed by atoms with van der Waals surface area (Å²) >= 11 is 0. The van der Waals surface area contributed by atoms with Crippen LogP contribution >= 0.6 is 0 Å². The van der Waals surface area contributed by atoms with Crippen LogP contribution in [-0.2, 0) is 4.79 Å². The Kier molecular flexibility index (Phi) is 5.86. The third-order valence-corrected chi connectivity index (χ3v) is 4.04. The van der Waals surface area contributed by atoms with Gasteiger partial charge in [-0.3, -0.25) is 0 Å². The fourth-order valence-electron chi connectivity index (χ4n) is 2.65.